The van der Waals surface area contributed by atoms with E-state index in [0.29, 0.717) is 30.0 Å². The summed E-state index contributed by atoms with van der Waals surface area (Å²) in [6, 6.07) is 9.20. The summed E-state index contributed by atoms with van der Waals surface area (Å²) in [6.07, 6.45) is 2.46. The van der Waals surface area contributed by atoms with E-state index in [9.17, 15) is 14.0 Å². The van der Waals surface area contributed by atoms with E-state index in [-0.39, 0.29) is 36.1 Å². The van der Waals surface area contributed by atoms with Crippen molar-refractivity contribution in [2.45, 2.75) is 38.9 Å². The van der Waals surface area contributed by atoms with Gasteiger partial charge in [0.2, 0.25) is 5.91 Å². The van der Waals surface area contributed by atoms with E-state index < -0.39 is 6.04 Å². The second-order valence-electron chi connectivity index (χ2n) is 7.46. The van der Waals surface area contributed by atoms with Crippen LogP contribution in [0.1, 0.15) is 35.1 Å². The first-order valence-corrected chi connectivity index (χ1v) is 10.0. The number of hydrogen-bond donors (Lipinski definition) is 3. The molecule has 0 saturated heterocycles. The number of pyridine rings is 1. The minimum absolute atomic E-state index is 0.142. The minimum atomic E-state index is -0.646. The zero-order valence-corrected chi connectivity index (χ0v) is 17.1. The van der Waals surface area contributed by atoms with Crippen molar-refractivity contribution in [1.82, 2.24) is 19.9 Å². The highest BCUT2D eigenvalue weighted by Crippen LogP contribution is 2.23. The van der Waals surface area contributed by atoms with Crippen LogP contribution in [0.4, 0.5) is 15.9 Å². The molecule has 31 heavy (non-hydrogen) atoms. The predicted octanol–water partition coefficient (Wildman–Crippen LogP) is 2.08. The fraction of sp³-hybridized carbons (Fsp3) is 0.273. The standard InChI is InChI=1S/C22H23FN6O2/c1-13-14(6-8-19(24)28-13)10-27-21(30)18-7-9-20-26-12-17(22(31)29(18)20)25-11-15-4-2-3-5-16(15)23/h2-6,8,12,18,25H,7,9-11H2,1H3,(H2,24,28)(H,27,30)/t18-/m0/s1. The van der Waals surface area contributed by atoms with Crippen LogP contribution in [0.15, 0.2) is 47.4 Å². The van der Waals surface area contributed by atoms with Crippen molar-refractivity contribution in [3.63, 3.8) is 0 Å². The monoisotopic (exact) mass is 422 g/mol. The Balaban J connectivity index is 1.49. The maximum absolute atomic E-state index is 13.9. The average Bonchev–Trinajstić information content (AvgIpc) is 3.19. The van der Waals surface area contributed by atoms with E-state index in [4.69, 9.17) is 5.73 Å². The number of halogens is 1. The van der Waals surface area contributed by atoms with E-state index in [2.05, 4.69) is 20.6 Å². The molecule has 4 N–H and O–H groups in total. The van der Waals surface area contributed by atoms with Gasteiger partial charge in [0.05, 0.1) is 6.20 Å². The van der Waals surface area contributed by atoms with Crippen molar-refractivity contribution in [3.05, 3.63) is 81.4 Å². The van der Waals surface area contributed by atoms with Gasteiger partial charge in [-0.15, -0.1) is 0 Å². The molecule has 4 rings (SSSR count). The van der Waals surface area contributed by atoms with Crippen LogP contribution in [-0.2, 0) is 24.3 Å². The number of benzene rings is 1. The van der Waals surface area contributed by atoms with Crippen LogP contribution in [0, 0.1) is 12.7 Å². The van der Waals surface area contributed by atoms with Gasteiger partial charge in [0, 0.05) is 30.8 Å². The van der Waals surface area contributed by atoms with Gasteiger partial charge in [0.1, 0.15) is 29.2 Å². The van der Waals surface area contributed by atoms with Crippen LogP contribution in [-0.4, -0.2) is 20.4 Å². The van der Waals surface area contributed by atoms with Crippen LogP contribution in [0.25, 0.3) is 0 Å². The van der Waals surface area contributed by atoms with Crippen molar-refractivity contribution in [1.29, 1.82) is 0 Å². The van der Waals surface area contributed by atoms with E-state index >= 15 is 0 Å². The lowest BCUT2D eigenvalue weighted by Gasteiger charge is -2.16. The number of carbonyl (C=O) groups is 1. The maximum Gasteiger partial charge on any atom is 0.277 e. The number of fused-ring (bicyclic) bond motifs is 1. The van der Waals surface area contributed by atoms with Crippen LogP contribution in [0.3, 0.4) is 0 Å². The molecule has 0 spiro atoms. The smallest absolute Gasteiger partial charge is 0.277 e. The second-order valence-corrected chi connectivity index (χ2v) is 7.46. The molecule has 1 aromatic carbocycles. The van der Waals surface area contributed by atoms with Gasteiger partial charge in [-0.1, -0.05) is 24.3 Å². The molecule has 3 aromatic rings. The Labute approximate surface area is 178 Å². The first kappa shape index (κ1) is 20.5. The molecule has 9 heteroatoms. The SMILES string of the molecule is Cc1nc(N)ccc1CNC(=O)[C@@H]1CCc2ncc(NCc3ccccc3F)c(=O)n21. The Bertz CT molecular complexity index is 1190. The van der Waals surface area contributed by atoms with Gasteiger partial charge < -0.3 is 16.4 Å². The quantitative estimate of drug-likeness (QED) is 0.560. The molecule has 0 radical (unpaired) electrons. The van der Waals surface area contributed by atoms with Gasteiger partial charge in [0.15, 0.2) is 0 Å². The number of nitrogens with two attached hydrogens (primary N) is 1. The van der Waals surface area contributed by atoms with Gasteiger partial charge in [-0.3, -0.25) is 14.2 Å². The van der Waals surface area contributed by atoms with Gasteiger partial charge in [-0.2, -0.15) is 0 Å². The number of rotatable bonds is 6. The molecular formula is C22H23FN6O2. The number of nitrogens with one attached hydrogen (secondary N) is 2. The van der Waals surface area contributed by atoms with Gasteiger partial charge in [-0.25, -0.2) is 14.4 Å². The van der Waals surface area contributed by atoms with Crippen molar-refractivity contribution >= 4 is 17.4 Å². The summed E-state index contributed by atoms with van der Waals surface area (Å²) in [5.74, 6) is 0.372. The zero-order chi connectivity index (χ0) is 22.0. The Hall–Kier alpha value is -3.75. The number of aryl methyl sites for hydroxylation is 2. The summed E-state index contributed by atoms with van der Waals surface area (Å²) in [6.45, 7) is 2.26. The van der Waals surface area contributed by atoms with Crippen molar-refractivity contribution < 1.29 is 9.18 Å². The number of nitrogens with zero attached hydrogens (tertiary/aromatic N) is 3. The molecular weight excluding hydrogens is 399 g/mol. The third-order valence-corrected chi connectivity index (χ3v) is 5.42. The Kier molecular flexibility index (Phi) is 5.66. The lowest BCUT2D eigenvalue weighted by atomic mass is 10.1. The van der Waals surface area contributed by atoms with Gasteiger partial charge >= 0.3 is 0 Å². The van der Waals surface area contributed by atoms with Crippen LogP contribution in [0.5, 0.6) is 0 Å². The summed E-state index contributed by atoms with van der Waals surface area (Å²) < 4.78 is 15.3. The first-order chi connectivity index (χ1) is 14.9. The summed E-state index contributed by atoms with van der Waals surface area (Å²) in [5.41, 5.74) is 7.58. The number of hydrogen-bond acceptors (Lipinski definition) is 6. The third kappa shape index (κ3) is 4.25. The van der Waals surface area contributed by atoms with Crippen LogP contribution in [0.2, 0.25) is 0 Å². The molecule has 1 aliphatic heterocycles. The van der Waals surface area contributed by atoms with Crippen LogP contribution >= 0.6 is 0 Å². The van der Waals surface area contributed by atoms with E-state index in [1.165, 1.54) is 16.8 Å². The molecule has 1 atom stereocenters. The number of aromatic nitrogens is 3. The van der Waals surface area contributed by atoms with Gasteiger partial charge in [0.25, 0.3) is 5.56 Å². The van der Waals surface area contributed by atoms with Crippen LogP contribution < -0.4 is 21.9 Å². The lowest BCUT2D eigenvalue weighted by Crippen LogP contribution is -2.36. The Morgan fingerprint density at radius 2 is 2.03 bits per heavy atom. The Morgan fingerprint density at radius 1 is 1.23 bits per heavy atom. The van der Waals surface area contributed by atoms with Gasteiger partial charge in [-0.05, 0) is 31.0 Å². The molecule has 0 aliphatic carbocycles. The number of nitrogen functional groups attached to an aromatic ring is 1. The summed E-state index contributed by atoms with van der Waals surface area (Å²) in [4.78, 5) is 34.4. The molecule has 0 saturated carbocycles. The highest BCUT2D eigenvalue weighted by molar-refractivity contribution is 5.81. The fourth-order valence-electron chi connectivity index (χ4n) is 3.70. The molecule has 0 fully saturated rings. The normalized spacial score (nSPS) is 14.8. The number of carbonyl (C=O) groups excluding carboxylic acids is 1. The number of anilines is 2. The third-order valence-electron chi connectivity index (χ3n) is 5.42. The minimum Gasteiger partial charge on any atom is -0.384 e. The maximum atomic E-state index is 13.9. The van der Waals surface area contributed by atoms with Crippen molar-refractivity contribution in [2.75, 3.05) is 11.1 Å². The summed E-state index contributed by atoms with van der Waals surface area (Å²) in [7, 11) is 0. The summed E-state index contributed by atoms with van der Waals surface area (Å²) in [5, 5.41) is 5.82. The zero-order valence-electron chi connectivity index (χ0n) is 17.1. The van der Waals surface area contributed by atoms with Crippen molar-refractivity contribution in [3.8, 4) is 0 Å². The fourth-order valence-corrected chi connectivity index (χ4v) is 3.70. The average molecular weight is 422 g/mol. The van der Waals surface area contributed by atoms with E-state index in [0.717, 1.165) is 11.3 Å². The summed E-state index contributed by atoms with van der Waals surface area (Å²) >= 11 is 0. The molecule has 1 aliphatic rings. The topological polar surface area (TPSA) is 115 Å². The molecule has 8 nitrogen and oxygen atoms in total. The second kappa shape index (κ2) is 8.55. The van der Waals surface area contributed by atoms with Crippen molar-refractivity contribution in [2.24, 2.45) is 0 Å². The molecule has 160 valence electrons. The highest BCUT2D eigenvalue weighted by atomic mass is 19.1. The molecule has 1 amide bonds. The highest BCUT2D eigenvalue weighted by Gasteiger charge is 2.31. The Morgan fingerprint density at radius 3 is 2.81 bits per heavy atom. The molecule has 0 unspecified atom stereocenters. The largest absolute Gasteiger partial charge is 0.384 e. The van der Waals surface area contributed by atoms with E-state index in [1.807, 2.05) is 13.0 Å². The molecule has 2 aromatic heterocycles. The molecule has 3 heterocycles. The first-order valence-electron chi connectivity index (χ1n) is 10.0. The number of amides is 1. The molecule has 0 bridgehead atoms. The predicted molar refractivity (Wildman–Crippen MR) is 115 cm³/mol. The van der Waals surface area contributed by atoms with E-state index in [1.54, 1.807) is 24.3 Å². The lowest BCUT2D eigenvalue weighted by molar-refractivity contribution is -0.124.